The van der Waals surface area contributed by atoms with Crippen LogP contribution < -0.4 is 5.32 Å². The molecule has 0 radical (unpaired) electrons. The SMILES string of the molecule is CSC(C)C(=O)N1CCC2CNCC2C1.Cl. The van der Waals surface area contributed by atoms with E-state index in [2.05, 4.69) is 10.2 Å². The van der Waals surface area contributed by atoms with Crippen LogP contribution in [0.3, 0.4) is 0 Å². The van der Waals surface area contributed by atoms with Crippen molar-refractivity contribution in [1.82, 2.24) is 10.2 Å². The van der Waals surface area contributed by atoms with Crippen molar-refractivity contribution in [3.05, 3.63) is 0 Å². The number of carbonyl (C=O) groups is 1. The van der Waals surface area contributed by atoms with Gasteiger partial charge in [-0.1, -0.05) is 0 Å². The van der Waals surface area contributed by atoms with Crippen LogP contribution in [0.1, 0.15) is 13.3 Å². The Labute approximate surface area is 108 Å². The molecule has 1 N–H and O–H groups in total. The summed E-state index contributed by atoms with van der Waals surface area (Å²) in [6, 6.07) is 0. The van der Waals surface area contributed by atoms with Gasteiger partial charge in [0.2, 0.25) is 5.91 Å². The Morgan fingerprint density at radius 3 is 2.81 bits per heavy atom. The number of hydrogen-bond donors (Lipinski definition) is 1. The van der Waals surface area contributed by atoms with Gasteiger partial charge in [0.15, 0.2) is 0 Å². The number of rotatable bonds is 2. The summed E-state index contributed by atoms with van der Waals surface area (Å²) in [7, 11) is 0. The molecule has 0 saturated carbocycles. The standard InChI is InChI=1S/C11H20N2OS.ClH/c1-8(15-2)11(14)13-4-3-9-5-12-6-10(9)7-13;/h8-10,12H,3-7H2,1-2H3;1H. The van der Waals surface area contributed by atoms with Gasteiger partial charge in [-0.3, -0.25) is 4.79 Å². The minimum Gasteiger partial charge on any atom is -0.341 e. The van der Waals surface area contributed by atoms with Crippen molar-refractivity contribution < 1.29 is 4.79 Å². The number of nitrogens with one attached hydrogen (secondary N) is 1. The third-order valence-electron chi connectivity index (χ3n) is 3.72. The van der Waals surface area contributed by atoms with Gasteiger partial charge >= 0.3 is 0 Å². The first-order valence-electron chi connectivity index (χ1n) is 5.74. The molecule has 2 fully saturated rings. The minimum atomic E-state index is 0. The number of likely N-dealkylation sites (tertiary alicyclic amines) is 1. The van der Waals surface area contributed by atoms with E-state index in [4.69, 9.17) is 0 Å². The lowest BCUT2D eigenvalue weighted by Crippen LogP contribution is -2.46. The molecule has 2 aliphatic rings. The zero-order valence-corrected chi connectivity index (χ0v) is 11.6. The molecule has 1 amide bonds. The Morgan fingerprint density at radius 2 is 2.12 bits per heavy atom. The predicted molar refractivity (Wildman–Crippen MR) is 71.3 cm³/mol. The van der Waals surface area contributed by atoms with Crippen molar-refractivity contribution in [2.75, 3.05) is 32.4 Å². The highest BCUT2D eigenvalue weighted by atomic mass is 35.5. The summed E-state index contributed by atoms with van der Waals surface area (Å²) in [6.45, 7) is 6.20. The molecule has 5 heteroatoms. The van der Waals surface area contributed by atoms with Gasteiger partial charge in [0.05, 0.1) is 5.25 Å². The van der Waals surface area contributed by atoms with Gasteiger partial charge < -0.3 is 10.2 Å². The van der Waals surface area contributed by atoms with E-state index in [1.807, 2.05) is 13.2 Å². The first kappa shape index (κ1) is 14.1. The van der Waals surface area contributed by atoms with E-state index in [1.54, 1.807) is 11.8 Å². The zero-order chi connectivity index (χ0) is 10.8. The van der Waals surface area contributed by atoms with E-state index in [0.717, 1.165) is 32.1 Å². The van der Waals surface area contributed by atoms with Crippen molar-refractivity contribution in [2.45, 2.75) is 18.6 Å². The monoisotopic (exact) mass is 264 g/mol. The molecule has 94 valence electrons. The molecule has 2 heterocycles. The van der Waals surface area contributed by atoms with Crippen molar-refractivity contribution >= 4 is 30.1 Å². The number of halogens is 1. The lowest BCUT2D eigenvalue weighted by Gasteiger charge is -2.35. The van der Waals surface area contributed by atoms with Crippen LogP contribution in [0.2, 0.25) is 0 Å². The molecule has 0 bridgehead atoms. The fourth-order valence-corrected chi connectivity index (χ4v) is 2.94. The van der Waals surface area contributed by atoms with Crippen LogP contribution in [-0.4, -0.2) is 48.5 Å². The van der Waals surface area contributed by atoms with Crippen molar-refractivity contribution in [1.29, 1.82) is 0 Å². The number of piperidine rings is 1. The maximum atomic E-state index is 12.0. The maximum absolute atomic E-state index is 12.0. The summed E-state index contributed by atoms with van der Waals surface area (Å²) in [5, 5.41) is 3.54. The summed E-state index contributed by atoms with van der Waals surface area (Å²) >= 11 is 1.64. The largest absolute Gasteiger partial charge is 0.341 e. The van der Waals surface area contributed by atoms with Gasteiger partial charge in [-0.15, -0.1) is 12.4 Å². The Morgan fingerprint density at radius 1 is 1.44 bits per heavy atom. The third kappa shape index (κ3) is 2.84. The van der Waals surface area contributed by atoms with E-state index < -0.39 is 0 Å². The van der Waals surface area contributed by atoms with Gasteiger partial charge in [0, 0.05) is 13.1 Å². The fraction of sp³-hybridized carbons (Fsp3) is 0.909. The van der Waals surface area contributed by atoms with Crippen molar-refractivity contribution in [3.8, 4) is 0 Å². The lowest BCUT2D eigenvalue weighted by molar-refractivity contribution is -0.132. The molecule has 2 saturated heterocycles. The quantitative estimate of drug-likeness (QED) is 0.814. The Bertz CT molecular complexity index is 252. The molecule has 0 aromatic rings. The van der Waals surface area contributed by atoms with Gasteiger partial charge in [-0.25, -0.2) is 0 Å². The number of amides is 1. The second kappa shape index (κ2) is 6.12. The highest BCUT2D eigenvalue weighted by Gasteiger charge is 2.35. The smallest absolute Gasteiger partial charge is 0.235 e. The first-order chi connectivity index (χ1) is 7.22. The second-order valence-electron chi connectivity index (χ2n) is 4.63. The average Bonchev–Trinajstić information content (AvgIpc) is 2.73. The second-order valence-corrected chi connectivity index (χ2v) is 5.81. The minimum absolute atomic E-state index is 0. The molecule has 2 rings (SSSR count). The number of thioether (sulfide) groups is 1. The van der Waals surface area contributed by atoms with Crippen LogP contribution in [0.5, 0.6) is 0 Å². The summed E-state index contributed by atoms with van der Waals surface area (Å²) in [4.78, 5) is 14.1. The van der Waals surface area contributed by atoms with Crippen LogP contribution in [0.4, 0.5) is 0 Å². The Balaban J connectivity index is 0.00000128. The lowest BCUT2D eigenvalue weighted by atomic mass is 9.88. The molecular weight excluding hydrogens is 244 g/mol. The van der Waals surface area contributed by atoms with Crippen molar-refractivity contribution in [2.24, 2.45) is 11.8 Å². The topological polar surface area (TPSA) is 32.3 Å². The van der Waals surface area contributed by atoms with Crippen LogP contribution in [-0.2, 0) is 4.79 Å². The van der Waals surface area contributed by atoms with Gasteiger partial charge in [-0.05, 0) is 44.5 Å². The highest BCUT2D eigenvalue weighted by molar-refractivity contribution is 7.99. The van der Waals surface area contributed by atoms with E-state index in [0.29, 0.717) is 11.8 Å². The Kier molecular flexibility index (Phi) is 5.41. The molecule has 3 nitrogen and oxygen atoms in total. The summed E-state index contributed by atoms with van der Waals surface area (Å²) < 4.78 is 0. The first-order valence-corrected chi connectivity index (χ1v) is 7.03. The predicted octanol–water partition coefficient (Wildman–Crippen LogP) is 1.23. The highest BCUT2D eigenvalue weighted by Crippen LogP contribution is 2.27. The van der Waals surface area contributed by atoms with E-state index in [-0.39, 0.29) is 17.7 Å². The molecule has 3 unspecified atom stereocenters. The van der Waals surface area contributed by atoms with Gasteiger partial charge in [-0.2, -0.15) is 11.8 Å². The summed E-state index contributed by atoms with van der Waals surface area (Å²) in [6.07, 6.45) is 3.19. The number of fused-ring (bicyclic) bond motifs is 1. The van der Waals surface area contributed by atoms with Crippen molar-refractivity contribution in [3.63, 3.8) is 0 Å². The zero-order valence-electron chi connectivity index (χ0n) is 9.94. The van der Waals surface area contributed by atoms with E-state index in [1.165, 1.54) is 6.42 Å². The molecule has 0 aromatic carbocycles. The molecule has 0 aliphatic carbocycles. The molecule has 2 aliphatic heterocycles. The number of nitrogens with zero attached hydrogens (tertiary/aromatic N) is 1. The average molecular weight is 265 g/mol. The third-order valence-corrected chi connectivity index (χ3v) is 4.63. The fourth-order valence-electron chi connectivity index (χ4n) is 2.59. The van der Waals surface area contributed by atoms with Crippen LogP contribution in [0.15, 0.2) is 0 Å². The molecule has 3 atom stereocenters. The van der Waals surface area contributed by atoms with E-state index in [9.17, 15) is 4.79 Å². The summed E-state index contributed by atoms with van der Waals surface area (Å²) in [5.41, 5.74) is 0. The molecular formula is C11H21ClN2OS. The van der Waals surface area contributed by atoms with Crippen LogP contribution in [0, 0.1) is 11.8 Å². The van der Waals surface area contributed by atoms with Crippen LogP contribution in [0.25, 0.3) is 0 Å². The van der Waals surface area contributed by atoms with E-state index >= 15 is 0 Å². The number of carbonyl (C=O) groups excluding carboxylic acids is 1. The normalized spacial score (nSPS) is 30.5. The van der Waals surface area contributed by atoms with Crippen LogP contribution >= 0.6 is 24.2 Å². The summed E-state index contributed by atoms with van der Waals surface area (Å²) in [5.74, 6) is 1.85. The van der Waals surface area contributed by atoms with Gasteiger partial charge in [0.25, 0.3) is 0 Å². The number of hydrogen-bond acceptors (Lipinski definition) is 3. The Hall–Kier alpha value is 0.0700. The maximum Gasteiger partial charge on any atom is 0.235 e. The molecule has 0 spiro atoms. The van der Waals surface area contributed by atoms with Gasteiger partial charge in [0.1, 0.15) is 0 Å². The molecule has 0 aromatic heterocycles. The molecule has 16 heavy (non-hydrogen) atoms.